The van der Waals surface area contributed by atoms with Crippen molar-refractivity contribution >= 4 is 44.9 Å². The number of ketones is 1. The molecule has 5 nitrogen and oxygen atoms in total. The Labute approximate surface area is 176 Å². The molecule has 0 aliphatic carbocycles. The van der Waals surface area contributed by atoms with Crippen LogP contribution in [0.2, 0.25) is 5.02 Å². The molecule has 0 saturated heterocycles. The molecule has 1 heterocycles. The number of carbonyl (C=O) groups excluding carboxylic acids is 2. The van der Waals surface area contributed by atoms with Gasteiger partial charge in [0.25, 0.3) is 5.91 Å². The molecule has 1 atom stereocenters. The van der Waals surface area contributed by atoms with E-state index >= 15 is 0 Å². The van der Waals surface area contributed by atoms with Crippen LogP contribution in [-0.4, -0.2) is 22.8 Å². The van der Waals surface area contributed by atoms with E-state index < -0.39 is 12.1 Å². The minimum atomic E-state index is -0.971. The quantitative estimate of drug-likeness (QED) is 0.409. The zero-order valence-electron chi connectivity index (χ0n) is 14.9. The van der Waals surface area contributed by atoms with Crippen molar-refractivity contribution in [3.8, 4) is 0 Å². The normalized spacial score (nSPS) is 11.5. The highest BCUT2D eigenvalue weighted by atomic mass is 79.9. The lowest BCUT2D eigenvalue weighted by molar-refractivity contribution is 0.0866. The van der Waals surface area contributed by atoms with Crippen molar-refractivity contribution in [3.63, 3.8) is 0 Å². The molecule has 3 rings (SSSR count). The van der Waals surface area contributed by atoms with Gasteiger partial charge in [-0.05, 0) is 65.3 Å². The van der Waals surface area contributed by atoms with E-state index in [0.29, 0.717) is 16.3 Å². The second-order valence-electron chi connectivity index (χ2n) is 6.15. The highest BCUT2D eigenvalue weighted by Crippen LogP contribution is 2.16. The maximum atomic E-state index is 13.1. The number of pyridine rings is 1. The topological polar surface area (TPSA) is 71.1 Å². The number of carbonyl (C=O) groups is 2. The van der Waals surface area contributed by atoms with Crippen LogP contribution in [0.25, 0.3) is 0 Å². The molecule has 7 heteroatoms. The van der Waals surface area contributed by atoms with Crippen LogP contribution < -0.4 is 10.6 Å². The van der Waals surface area contributed by atoms with Crippen molar-refractivity contribution in [1.29, 1.82) is 0 Å². The third-order valence-corrected chi connectivity index (χ3v) is 4.68. The summed E-state index contributed by atoms with van der Waals surface area (Å²) in [6.07, 6.45) is 0.555. The number of aromatic nitrogens is 1. The van der Waals surface area contributed by atoms with E-state index in [4.69, 9.17) is 11.6 Å². The van der Waals surface area contributed by atoms with Crippen LogP contribution in [0.3, 0.4) is 0 Å². The standard InChI is InChI=1S/C21H17BrClN3O2/c1-13-3-2-4-14(11-13)19(27)20(25-17-8-6-16(23)7-9-17)26-21(28)18-10-5-15(22)12-24-18/h2-12,20,25H,1H3,(H,26,28). The van der Waals surface area contributed by atoms with Gasteiger partial charge in [0.15, 0.2) is 6.17 Å². The molecule has 1 amide bonds. The molecule has 0 aliphatic rings. The Hall–Kier alpha value is -2.70. The third kappa shape index (κ3) is 5.18. The average molecular weight is 459 g/mol. The molecular formula is C21H17BrClN3O2. The van der Waals surface area contributed by atoms with Crippen LogP contribution in [0.5, 0.6) is 0 Å². The fraction of sp³-hybridized carbons (Fsp3) is 0.0952. The average Bonchev–Trinajstić information content (AvgIpc) is 2.69. The number of nitrogens with zero attached hydrogens (tertiary/aromatic N) is 1. The van der Waals surface area contributed by atoms with E-state index in [0.717, 1.165) is 10.0 Å². The third-order valence-electron chi connectivity index (χ3n) is 3.96. The van der Waals surface area contributed by atoms with Crippen molar-refractivity contribution in [2.75, 3.05) is 5.32 Å². The molecule has 0 fully saturated rings. The van der Waals surface area contributed by atoms with Crippen LogP contribution in [0, 0.1) is 6.92 Å². The molecule has 2 N–H and O–H groups in total. The smallest absolute Gasteiger partial charge is 0.271 e. The van der Waals surface area contributed by atoms with Crippen LogP contribution in [-0.2, 0) is 0 Å². The lowest BCUT2D eigenvalue weighted by atomic mass is 10.1. The van der Waals surface area contributed by atoms with Crippen molar-refractivity contribution in [2.45, 2.75) is 13.1 Å². The van der Waals surface area contributed by atoms with Crippen LogP contribution in [0.4, 0.5) is 5.69 Å². The second kappa shape index (κ2) is 8.99. The van der Waals surface area contributed by atoms with Gasteiger partial charge in [0, 0.05) is 26.9 Å². The summed E-state index contributed by atoms with van der Waals surface area (Å²) in [6.45, 7) is 1.91. The number of Topliss-reactive ketones (excluding diaryl/α,β-unsaturated/α-hetero) is 1. The zero-order valence-corrected chi connectivity index (χ0v) is 17.3. The van der Waals surface area contributed by atoms with Gasteiger partial charge in [-0.1, -0.05) is 35.4 Å². The molecule has 28 heavy (non-hydrogen) atoms. The molecule has 142 valence electrons. The summed E-state index contributed by atoms with van der Waals surface area (Å²) in [7, 11) is 0. The summed E-state index contributed by atoms with van der Waals surface area (Å²) in [4.78, 5) is 29.7. The molecule has 0 radical (unpaired) electrons. The number of nitrogens with one attached hydrogen (secondary N) is 2. The van der Waals surface area contributed by atoms with E-state index in [1.54, 1.807) is 54.6 Å². The van der Waals surface area contributed by atoms with Crippen molar-refractivity contribution in [3.05, 3.63) is 93.2 Å². The second-order valence-corrected chi connectivity index (χ2v) is 7.51. The summed E-state index contributed by atoms with van der Waals surface area (Å²) in [6, 6.07) is 17.4. The molecule has 1 unspecified atom stereocenters. The first-order chi connectivity index (χ1) is 13.4. The first kappa shape index (κ1) is 20.0. The Morgan fingerprint density at radius 3 is 2.46 bits per heavy atom. The van der Waals surface area contributed by atoms with Gasteiger partial charge in [-0.3, -0.25) is 9.59 Å². The largest absolute Gasteiger partial charge is 0.359 e. The Balaban J connectivity index is 1.86. The SMILES string of the molecule is Cc1cccc(C(=O)C(NC(=O)c2ccc(Br)cn2)Nc2ccc(Cl)cc2)c1. The Morgan fingerprint density at radius 2 is 1.82 bits per heavy atom. The highest BCUT2D eigenvalue weighted by Gasteiger charge is 2.23. The maximum absolute atomic E-state index is 13.1. The van der Waals surface area contributed by atoms with Crippen molar-refractivity contribution in [1.82, 2.24) is 10.3 Å². The Bertz CT molecular complexity index is 991. The molecular weight excluding hydrogens is 442 g/mol. The Morgan fingerprint density at radius 1 is 1.07 bits per heavy atom. The molecule has 0 bridgehead atoms. The number of amides is 1. The fourth-order valence-electron chi connectivity index (χ4n) is 2.56. The maximum Gasteiger partial charge on any atom is 0.271 e. The zero-order chi connectivity index (χ0) is 20.1. The van der Waals surface area contributed by atoms with Crippen LogP contribution in [0.15, 0.2) is 71.3 Å². The van der Waals surface area contributed by atoms with E-state index in [2.05, 4.69) is 31.5 Å². The van der Waals surface area contributed by atoms with Crippen LogP contribution >= 0.6 is 27.5 Å². The molecule has 3 aromatic rings. The van der Waals surface area contributed by atoms with E-state index in [1.165, 1.54) is 6.20 Å². The predicted molar refractivity (Wildman–Crippen MR) is 114 cm³/mol. The number of benzene rings is 2. The predicted octanol–water partition coefficient (Wildman–Crippen LogP) is 4.86. The molecule has 1 aromatic heterocycles. The summed E-state index contributed by atoms with van der Waals surface area (Å²) in [5.41, 5.74) is 2.31. The van der Waals surface area contributed by atoms with E-state index in [1.807, 2.05) is 13.0 Å². The van der Waals surface area contributed by atoms with Gasteiger partial charge in [-0.2, -0.15) is 0 Å². The Kier molecular flexibility index (Phi) is 6.44. The minimum Gasteiger partial charge on any atom is -0.359 e. The fourth-order valence-corrected chi connectivity index (χ4v) is 2.92. The van der Waals surface area contributed by atoms with Gasteiger partial charge in [-0.25, -0.2) is 4.98 Å². The lowest BCUT2D eigenvalue weighted by Crippen LogP contribution is -2.46. The van der Waals surface area contributed by atoms with Gasteiger partial charge >= 0.3 is 0 Å². The van der Waals surface area contributed by atoms with Crippen molar-refractivity contribution in [2.24, 2.45) is 0 Å². The summed E-state index contributed by atoms with van der Waals surface area (Å²) < 4.78 is 0.760. The first-order valence-electron chi connectivity index (χ1n) is 8.48. The molecule has 0 aliphatic heterocycles. The summed E-state index contributed by atoms with van der Waals surface area (Å²) in [5.74, 6) is -0.718. The summed E-state index contributed by atoms with van der Waals surface area (Å²) in [5, 5.41) is 6.36. The van der Waals surface area contributed by atoms with Gasteiger partial charge < -0.3 is 10.6 Å². The number of anilines is 1. The number of halogens is 2. The number of hydrogen-bond acceptors (Lipinski definition) is 4. The van der Waals surface area contributed by atoms with Gasteiger partial charge in [0.1, 0.15) is 5.69 Å². The van der Waals surface area contributed by atoms with Gasteiger partial charge in [0.2, 0.25) is 5.78 Å². The molecule has 0 spiro atoms. The van der Waals surface area contributed by atoms with Gasteiger partial charge in [0.05, 0.1) is 0 Å². The molecule has 2 aromatic carbocycles. The van der Waals surface area contributed by atoms with E-state index in [-0.39, 0.29) is 11.5 Å². The molecule has 0 saturated carbocycles. The monoisotopic (exact) mass is 457 g/mol. The minimum absolute atomic E-state index is 0.211. The highest BCUT2D eigenvalue weighted by molar-refractivity contribution is 9.10. The first-order valence-corrected chi connectivity index (χ1v) is 9.65. The van der Waals surface area contributed by atoms with Gasteiger partial charge in [-0.15, -0.1) is 0 Å². The number of hydrogen-bond donors (Lipinski definition) is 2. The van der Waals surface area contributed by atoms with Crippen molar-refractivity contribution < 1.29 is 9.59 Å². The van der Waals surface area contributed by atoms with Crippen LogP contribution in [0.1, 0.15) is 26.4 Å². The number of aryl methyl sites for hydroxylation is 1. The van der Waals surface area contributed by atoms with E-state index in [9.17, 15) is 9.59 Å². The number of rotatable bonds is 6. The summed E-state index contributed by atoms with van der Waals surface area (Å²) >= 11 is 9.21. The lowest BCUT2D eigenvalue weighted by Gasteiger charge is -2.20.